The lowest BCUT2D eigenvalue weighted by Gasteiger charge is -2.37. The van der Waals surface area contributed by atoms with Crippen LogP contribution in [0, 0.1) is 6.92 Å². The van der Waals surface area contributed by atoms with Gasteiger partial charge in [-0.15, -0.1) is 0 Å². The third kappa shape index (κ3) is 13.3. The van der Waals surface area contributed by atoms with Crippen molar-refractivity contribution in [3.05, 3.63) is 128 Å². The summed E-state index contributed by atoms with van der Waals surface area (Å²) in [6.07, 6.45) is -3.21. The Morgan fingerprint density at radius 3 is 2.05 bits per heavy atom. The molecule has 6 atom stereocenters. The third-order valence-corrected chi connectivity index (χ3v) is 11.7. The van der Waals surface area contributed by atoms with Crippen LogP contribution in [0.1, 0.15) is 62.6 Å². The highest BCUT2D eigenvalue weighted by atomic mass is 32.5. The number of amides is 3. The molecule has 356 valence electrons. The van der Waals surface area contributed by atoms with Crippen molar-refractivity contribution < 1.29 is 61.9 Å². The molecule has 3 aromatic carbocycles. The molecule has 0 bridgehead atoms. The Labute approximate surface area is 385 Å². The van der Waals surface area contributed by atoms with Crippen LogP contribution in [0.4, 0.5) is 4.79 Å². The molecule has 20 nitrogen and oxygen atoms in total. The summed E-state index contributed by atoms with van der Waals surface area (Å²) in [5.74, 6) is -1.94. The number of hydrogen-bond acceptors (Lipinski definition) is 14. The largest absolute Gasteiger partial charge is 0.497 e. The number of nitrogens with one attached hydrogen (secondary N) is 4. The van der Waals surface area contributed by atoms with Crippen LogP contribution in [0.3, 0.4) is 0 Å². The maximum absolute atomic E-state index is 13.4. The first kappa shape index (κ1) is 51.1. The number of aryl methyl sites for hydroxylation is 1. The van der Waals surface area contributed by atoms with Crippen LogP contribution in [0.25, 0.3) is 0 Å². The van der Waals surface area contributed by atoms with E-state index in [0.717, 1.165) is 0 Å². The van der Waals surface area contributed by atoms with Crippen molar-refractivity contribution in [3.8, 4) is 11.5 Å². The number of carbonyl (C=O) groups excluding carboxylic acids is 3. The standard InChI is InChI=1S/C44H54N5O15PS/c1-26-23-49(41(55)48-38(26)51)37-21-34(64-65(57,66)61-24-33(47-42(56)63-43(3,4)5)39(52)45-22-36(50)46-27(2)40(53)54)35(62-37)25-60-44(28-11-9-8-10-12-28,29-13-17-31(58-6)18-14-29)30-15-19-32(59-7)20-16-30/h8-20,23,27,33-35,37H,21-22,24-25H2,1-7H3,(H,45,52)(H,46,50)(H,47,56)(H,53,54)(H,57,66)(H,48,51,55)/t27?,33?,34-,35+,37+,65?/m0/s1. The van der Waals surface area contributed by atoms with Gasteiger partial charge in [-0.2, -0.15) is 0 Å². The summed E-state index contributed by atoms with van der Waals surface area (Å²) < 4.78 is 42.7. The van der Waals surface area contributed by atoms with E-state index in [-0.39, 0.29) is 18.6 Å². The lowest BCUT2D eigenvalue weighted by atomic mass is 9.80. The summed E-state index contributed by atoms with van der Waals surface area (Å²) in [5.41, 5.74) is -1.41. The fraction of sp³-hybridized carbons (Fsp3) is 0.409. The Balaban J connectivity index is 1.47. The maximum atomic E-state index is 13.4. The molecule has 2 heterocycles. The van der Waals surface area contributed by atoms with E-state index >= 15 is 0 Å². The number of alkyl carbamates (subject to hydrolysis) is 1. The molecule has 3 unspecified atom stereocenters. The van der Waals surface area contributed by atoms with E-state index in [0.29, 0.717) is 28.2 Å². The zero-order valence-electron chi connectivity index (χ0n) is 37.3. The number of hydrogen-bond donors (Lipinski definition) is 6. The van der Waals surface area contributed by atoms with Crippen LogP contribution in [0.5, 0.6) is 11.5 Å². The summed E-state index contributed by atoms with van der Waals surface area (Å²) >= 11 is 5.46. The fourth-order valence-electron chi connectivity index (χ4n) is 6.86. The third-order valence-electron chi connectivity index (χ3n) is 10.1. The Hall–Kier alpha value is -5.93. The Bertz CT molecular complexity index is 2450. The summed E-state index contributed by atoms with van der Waals surface area (Å²) in [4.78, 5) is 89.1. The second-order valence-corrected chi connectivity index (χ2v) is 18.9. The molecule has 0 saturated carbocycles. The number of aromatic amines is 1. The molecule has 6 N–H and O–H groups in total. The van der Waals surface area contributed by atoms with Gasteiger partial charge in [0.05, 0.1) is 40.1 Å². The maximum Gasteiger partial charge on any atom is 0.408 e. The van der Waals surface area contributed by atoms with Gasteiger partial charge < -0.3 is 58.7 Å². The molecule has 1 fully saturated rings. The van der Waals surface area contributed by atoms with Crippen LogP contribution < -0.4 is 36.7 Å². The Kier molecular flexibility index (Phi) is 17.0. The van der Waals surface area contributed by atoms with Crippen molar-refractivity contribution in [2.24, 2.45) is 0 Å². The lowest BCUT2D eigenvalue weighted by Crippen LogP contribution is -2.52. The molecule has 0 aliphatic carbocycles. The van der Waals surface area contributed by atoms with Crippen molar-refractivity contribution in [1.29, 1.82) is 0 Å². The molecule has 0 radical (unpaired) electrons. The smallest absolute Gasteiger partial charge is 0.408 e. The minimum absolute atomic E-state index is 0.130. The van der Waals surface area contributed by atoms with Gasteiger partial charge in [0.25, 0.3) is 5.56 Å². The number of carboxylic acid groups (broad SMARTS) is 1. The van der Waals surface area contributed by atoms with E-state index < -0.39 is 96.7 Å². The SMILES string of the molecule is COc1ccc(C(OC[C@H]2O[C@@H](n3cc(C)c(=O)[nH]c3=O)C[C@@H]2OP(O)(=S)OCC(NC(=O)OC(C)(C)C)C(=O)NCC(=O)NC(C)C(=O)O)(c2ccccc2)c2ccc(OC)cc2)cc1. The predicted octanol–water partition coefficient (Wildman–Crippen LogP) is 3.38. The van der Waals surface area contributed by atoms with E-state index in [4.69, 9.17) is 49.6 Å². The van der Waals surface area contributed by atoms with Crippen molar-refractivity contribution in [2.45, 2.75) is 82.8 Å². The van der Waals surface area contributed by atoms with Gasteiger partial charge >= 0.3 is 24.5 Å². The van der Waals surface area contributed by atoms with Crippen molar-refractivity contribution in [2.75, 3.05) is 34.0 Å². The van der Waals surface area contributed by atoms with Crippen molar-refractivity contribution in [3.63, 3.8) is 0 Å². The summed E-state index contributed by atoms with van der Waals surface area (Å²) in [5, 5.41) is 15.9. The summed E-state index contributed by atoms with van der Waals surface area (Å²) in [7, 11) is 3.10. The molecule has 66 heavy (non-hydrogen) atoms. The topological polar surface area (TPSA) is 264 Å². The molecule has 0 spiro atoms. The van der Waals surface area contributed by atoms with E-state index in [1.54, 1.807) is 59.3 Å². The second-order valence-electron chi connectivity index (χ2n) is 16.1. The van der Waals surface area contributed by atoms with Crippen LogP contribution in [0.15, 0.2) is 94.6 Å². The van der Waals surface area contributed by atoms with E-state index in [2.05, 4.69) is 20.9 Å². The fourth-order valence-corrected chi connectivity index (χ4v) is 8.34. The number of rotatable bonds is 20. The summed E-state index contributed by atoms with van der Waals surface area (Å²) in [6, 6.07) is 21.1. The zero-order valence-corrected chi connectivity index (χ0v) is 39.0. The Morgan fingerprint density at radius 2 is 1.50 bits per heavy atom. The number of ether oxygens (including phenoxy) is 5. The molecule has 1 saturated heterocycles. The van der Waals surface area contributed by atoms with Crippen LogP contribution in [-0.4, -0.2) is 107 Å². The minimum Gasteiger partial charge on any atom is -0.497 e. The van der Waals surface area contributed by atoms with E-state index in [1.807, 2.05) is 54.6 Å². The zero-order chi connectivity index (χ0) is 48.4. The van der Waals surface area contributed by atoms with Gasteiger partial charge in [0, 0.05) is 18.2 Å². The first-order valence-corrected chi connectivity index (χ1v) is 23.1. The molecule has 5 rings (SSSR count). The van der Waals surface area contributed by atoms with Crippen molar-refractivity contribution >= 4 is 42.4 Å². The monoisotopic (exact) mass is 955 g/mol. The number of benzene rings is 3. The lowest BCUT2D eigenvalue weighted by molar-refractivity contribution is -0.141. The quantitative estimate of drug-likeness (QED) is 0.0548. The number of aliphatic carboxylic acids is 1. The van der Waals surface area contributed by atoms with E-state index in [1.165, 1.54) is 24.6 Å². The van der Waals surface area contributed by atoms with Gasteiger partial charge in [-0.25, -0.2) is 9.59 Å². The average molecular weight is 956 g/mol. The minimum atomic E-state index is -4.42. The molecule has 1 aromatic heterocycles. The first-order chi connectivity index (χ1) is 31.1. The van der Waals surface area contributed by atoms with Crippen LogP contribution >= 0.6 is 6.72 Å². The number of nitrogens with zero attached hydrogens (tertiary/aromatic N) is 1. The molecule has 4 aromatic rings. The Morgan fingerprint density at radius 1 is 0.924 bits per heavy atom. The van der Waals surface area contributed by atoms with Crippen LogP contribution in [0.2, 0.25) is 0 Å². The van der Waals surface area contributed by atoms with Gasteiger partial charge in [0.1, 0.15) is 47.1 Å². The number of carbonyl (C=O) groups is 4. The van der Waals surface area contributed by atoms with Crippen LogP contribution in [-0.2, 0) is 55.0 Å². The van der Waals surface area contributed by atoms with E-state index in [9.17, 15) is 33.7 Å². The highest BCUT2D eigenvalue weighted by Gasteiger charge is 2.45. The van der Waals surface area contributed by atoms with Gasteiger partial charge in [-0.1, -0.05) is 54.6 Å². The van der Waals surface area contributed by atoms with Gasteiger partial charge in [0.15, 0.2) is 0 Å². The number of aromatic nitrogens is 2. The summed E-state index contributed by atoms with van der Waals surface area (Å²) in [6.45, 7) is 1.33. The number of carboxylic acids is 1. The molecular formula is C44H54N5O15PS. The average Bonchev–Trinajstić information content (AvgIpc) is 3.66. The highest BCUT2D eigenvalue weighted by Crippen LogP contribution is 2.49. The predicted molar refractivity (Wildman–Crippen MR) is 242 cm³/mol. The molecule has 22 heteroatoms. The van der Waals surface area contributed by atoms with Gasteiger partial charge in [0.2, 0.25) is 11.8 Å². The van der Waals surface area contributed by atoms with Gasteiger partial charge in [-0.05, 0) is 87.4 Å². The first-order valence-electron chi connectivity index (χ1n) is 20.6. The normalized spacial score (nSPS) is 18.0. The molecule has 3 amide bonds. The number of H-pyrrole nitrogens is 1. The molecule has 1 aliphatic rings. The second kappa shape index (κ2) is 22.0. The highest BCUT2D eigenvalue weighted by molar-refractivity contribution is 8.07. The molecule has 1 aliphatic heterocycles. The number of methoxy groups -OCH3 is 2. The van der Waals surface area contributed by atoms with Gasteiger partial charge in [-0.3, -0.25) is 28.7 Å². The van der Waals surface area contributed by atoms with Crippen molar-refractivity contribution in [1.82, 2.24) is 25.5 Å². The molecular weight excluding hydrogens is 902 g/mol.